The van der Waals surface area contributed by atoms with Crippen LogP contribution in [0, 0.1) is 11.2 Å². The van der Waals surface area contributed by atoms with Gasteiger partial charge in [-0.1, -0.05) is 5.92 Å². The second-order valence-corrected chi connectivity index (χ2v) is 7.57. The van der Waals surface area contributed by atoms with Gasteiger partial charge in [0, 0.05) is 23.5 Å². The number of aldehydes is 1. The molecule has 0 aliphatic heterocycles. The Morgan fingerprint density at radius 2 is 2.07 bits per heavy atom. The van der Waals surface area contributed by atoms with E-state index < -0.39 is 10.0 Å². The van der Waals surface area contributed by atoms with Gasteiger partial charge in [0.1, 0.15) is 0 Å². The molecule has 0 unspecified atom stereocenters. The lowest BCUT2D eigenvalue weighted by Gasteiger charge is -2.14. The maximum absolute atomic E-state index is 10.5. The first kappa shape index (κ1) is 10.8. The van der Waals surface area contributed by atoms with Crippen LogP contribution in [0.3, 0.4) is 0 Å². The highest BCUT2D eigenvalue weighted by molar-refractivity contribution is 8.35. The number of nitrogens with zero attached hydrogens (tertiary/aromatic N) is 1. The van der Waals surface area contributed by atoms with E-state index in [9.17, 15) is 4.79 Å². The molecule has 0 bridgehead atoms. The second kappa shape index (κ2) is 4.30. The molecule has 0 amide bonds. The first-order valence-electron chi connectivity index (χ1n) is 4.12. The quantitative estimate of drug-likeness (QED) is 0.520. The molecule has 0 spiro atoms. The Morgan fingerprint density at radius 3 is 2.64 bits per heavy atom. The summed E-state index contributed by atoms with van der Waals surface area (Å²) in [5, 5.41) is 3.17. The van der Waals surface area contributed by atoms with E-state index in [-0.39, 0.29) is 0 Å². The van der Waals surface area contributed by atoms with E-state index in [1.807, 2.05) is 0 Å². The number of hydrogen-bond donors (Lipinski definition) is 0. The molecule has 0 radical (unpaired) electrons. The van der Waals surface area contributed by atoms with Crippen molar-refractivity contribution in [2.75, 3.05) is 18.8 Å². The highest BCUT2D eigenvalue weighted by atomic mass is 32.3. The predicted octanol–water partition coefficient (Wildman–Crippen LogP) is 1.90. The lowest BCUT2D eigenvalue weighted by molar-refractivity contribution is 0.112. The fourth-order valence-corrected chi connectivity index (χ4v) is 1.23. The van der Waals surface area contributed by atoms with E-state index in [0.29, 0.717) is 5.56 Å². The van der Waals surface area contributed by atoms with E-state index in [2.05, 4.69) is 34.9 Å². The lowest BCUT2D eigenvalue weighted by Crippen LogP contribution is -1.87. The molecule has 0 N–H and O–H groups in total. The van der Waals surface area contributed by atoms with Crippen molar-refractivity contribution in [3.8, 4) is 11.2 Å². The zero-order valence-corrected chi connectivity index (χ0v) is 9.39. The Bertz CT molecular complexity index is 396. The van der Waals surface area contributed by atoms with Crippen molar-refractivity contribution in [1.82, 2.24) is 4.98 Å². The van der Waals surface area contributed by atoms with Crippen molar-refractivity contribution in [1.29, 1.82) is 0 Å². The second-order valence-electron chi connectivity index (χ2n) is 3.69. The SMILES string of the molecule is CS(C)(C)C#Cc1cncc(C=O)c1. The summed E-state index contributed by atoms with van der Waals surface area (Å²) in [6.45, 7) is 0. The highest BCUT2D eigenvalue weighted by Gasteiger charge is 1.97. The highest BCUT2D eigenvalue weighted by Crippen LogP contribution is 2.32. The van der Waals surface area contributed by atoms with Gasteiger partial charge >= 0.3 is 0 Å². The van der Waals surface area contributed by atoms with Crippen LogP contribution in [0.2, 0.25) is 0 Å². The fourth-order valence-electron chi connectivity index (χ4n) is 0.803. The van der Waals surface area contributed by atoms with Gasteiger partial charge in [-0.05, 0) is 30.1 Å². The Labute approximate surface area is 86.1 Å². The first-order valence-corrected chi connectivity index (χ1v) is 6.98. The standard InChI is InChI=1S/C11H13NOS/c1-14(2,3)5-4-10-6-11(9-13)8-12-7-10/h6-9H,1-3H3. The first-order chi connectivity index (χ1) is 6.51. The smallest absolute Gasteiger partial charge is 0.151 e. The van der Waals surface area contributed by atoms with Crippen LogP contribution in [0.4, 0.5) is 0 Å². The monoisotopic (exact) mass is 207 g/mol. The van der Waals surface area contributed by atoms with Crippen molar-refractivity contribution in [3.05, 3.63) is 29.6 Å². The minimum absolute atomic E-state index is 0.570. The van der Waals surface area contributed by atoms with Crippen molar-refractivity contribution in [3.63, 3.8) is 0 Å². The number of aromatic nitrogens is 1. The minimum Gasteiger partial charge on any atom is -0.298 e. The summed E-state index contributed by atoms with van der Waals surface area (Å²) in [5.74, 6) is 3.02. The van der Waals surface area contributed by atoms with Gasteiger partial charge in [0.15, 0.2) is 6.29 Å². The molecule has 14 heavy (non-hydrogen) atoms. The van der Waals surface area contributed by atoms with Crippen molar-refractivity contribution in [2.45, 2.75) is 0 Å². The van der Waals surface area contributed by atoms with Gasteiger partial charge in [0.05, 0.1) is 0 Å². The number of carbonyl (C=O) groups excluding carboxylic acids is 1. The van der Waals surface area contributed by atoms with Crippen molar-refractivity contribution >= 4 is 16.3 Å². The summed E-state index contributed by atoms with van der Waals surface area (Å²) in [6, 6.07) is 1.75. The van der Waals surface area contributed by atoms with E-state index >= 15 is 0 Å². The Balaban J connectivity index is 2.96. The Kier molecular flexibility index (Phi) is 3.32. The topological polar surface area (TPSA) is 30.0 Å². The van der Waals surface area contributed by atoms with Gasteiger partial charge in [-0.2, -0.15) is 10.0 Å². The summed E-state index contributed by atoms with van der Waals surface area (Å²) in [4.78, 5) is 14.4. The van der Waals surface area contributed by atoms with E-state index in [4.69, 9.17) is 0 Å². The fraction of sp³-hybridized carbons (Fsp3) is 0.273. The molecule has 0 saturated carbocycles. The van der Waals surface area contributed by atoms with Gasteiger partial charge in [-0.15, -0.1) is 0 Å². The lowest BCUT2D eigenvalue weighted by atomic mass is 10.2. The molecule has 0 aliphatic rings. The van der Waals surface area contributed by atoms with Gasteiger partial charge in [0.2, 0.25) is 0 Å². The average Bonchev–Trinajstić information content (AvgIpc) is 2.14. The largest absolute Gasteiger partial charge is 0.298 e. The molecular weight excluding hydrogens is 194 g/mol. The average molecular weight is 207 g/mol. The van der Waals surface area contributed by atoms with E-state index in [1.54, 1.807) is 12.3 Å². The van der Waals surface area contributed by atoms with Gasteiger partial charge in [-0.25, -0.2) is 0 Å². The van der Waals surface area contributed by atoms with Gasteiger partial charge < -0.3 is 0 Å². The molecule has 0 fully saturated rings. The third-order valence-corrected chi connectivity index (χ3v) is 2.11. The number of pyridine rings is 1. The molecule has 1 heterocycles. The number of hydrogen-bond acceptors (Lipinski definition) is 2. The normalized spacial score (nSPS) is 11.4. The minimum atomic E-state index is -0.819. The molecule has 1 aromatic rings. The third-order valence-electron chi connectivity index (χ3n) is 1.40. The number of carbonyl (C=O) groups is 1. The van der Waals surface area contributed by atoms with E-state index in [1.165, 1.54) is 6.20 Å². The van der Waals surface area contributed by atoms with Crippen molar-refractivity contribution in [2.24, 2.45) is 0 Å². The Hall–Kier alpha value is -1.27. The molecule has 3 heteroatoms. The molecule has 0 aromatic carbocycles. The molecule has 2 nitrogen and oxygen atoms in total. The van der Waals surface area contributed by atoms with Crippen LogP contribution < -0.4 is 0 Å². The maximum Gasteiger partial charge on any atom is 0.151 e. The van der Waals surface area contributed by atoms with Crippen LogP contribution in [0.15, 0.2) is 18.5 Å². The molecule has 1 rings (SSSR count). The number of rotatable bonds is 1. The van der Waals surface area contributed by atoms with Crippen LogP contribution in [0.25, 0.3) is 0 Å². The summed E-state index contributed by atoms with van der Waals surface area (Å²) in [6.07, 6.45) is 10.3. The van der Waals surface area contributed by atoms with Crippen LogP contribution in [-0.2, 0) is 0 Å². The van der Waals surface area contributed by atoms with E-state index in [0.717, 1.165) is 11.8 Å². The molecule has 0 saturated heterocycles. The Morgan fingerprint density at radius 1 is 1.36 bits per heavy atom. The summed E-state index contributed by atoms with van der Waals surface area (Å²) in [7, 11) is -0.819. The van der Waals surface area contributed by atoms with Crippen molar-refractivity contribution < 1.29 is 4.79 Å². The zero-order chi connectivity index (χ0) is 10.6. The molecule has 0 atom stereocenters. The summed E-state index contributed by atoms with van der Waals surface area (Å²) in [5.41, 5.74) is 1.37. The zero-order valence-electron chi connectivity index (χ0n) is 8.57. The summed E-state index contributed by atoms with van der Waals surface area (Å²) < 4.78 is 0. The van der Waals surface area contributed by atoms with Crippen LogP contribution >= 0.6 is 10.0 Å². The molecule has 0 aliphatic carbocycles. The van der Waals surface area contributed by atoms with Crippen LogP contribution in [0.5, 0.6) is 0 Å². The molecular formula is C11H13NOS. The molecule has 74 valence electrons. The summed E-state index contributed by atoms with van der Waals surface area (Å²) >= 11 is 0. The maximum atomic E-state index is 10.5. The van der Waals surface area contributed by atoms with Gasteiger partial charge in [-0.3, -0.25) is 9.78 Å². The van der Waals surface area contributed by atoms with Gasteiger partial charge in [0.25, 0.3) is 0 Å². The third kappa shape index (κ3) is 3.63. The predicted molar refractivity (Wildman–Crippen MR) is 61.9 cm³/mol. The molecule has 1 aromatic heterocycles. The van der Waals surface area contributed by atoms with Crippen LogP contribution in [-0.4, -0.2) is 30.0 Å². The van der Waals surface area contributed by atoms with Crippen LogP contribution in [0.1, 0.15) is 15.9 Å².